The molecule has 2 saturated carbocycles. The fourth-order valence-corrected chi connectivity index (χ4v) is 5.53. The molecular formula is C21H30O9. The number of ether oxygens (including phenoxy) is 3. The van der Waals surface area contributed by atoms with Gasteiger partial charge in [0.2, 0.25) is 0 Å². The molecular weight excluding hydrogens is 396 g/mol. The van der Waals surface area contributed by atoms with Gasteiger partial charge in [0.25, 0.3) is 0 Å². The SMILES string of the molecule is C=C1[C@@H]2[C@@H]3OC(=O)[C@@H](C)[C@H]3[C@H](O)CC(=C)[C@@H]2C[C@@H]1O[C@@H]1O[C@H](CO)[C@@H](O)[C@H](O)[C@H]1O. The number of aliphatic hydroxyl groups is 5. The zero-order valence-corrected chi connectivity index (χ0v) is 16.8. The number of aliphatic hydroxyl groups excluding tert-OH is 5. The average molecular weight is 426 g/mol. The van der Waals surface area contributed by atoms with Crippen molar-refractivity contribution in [1.29, 1.82) is 0 Å². The lowest BCUT2D eigenvalue weighted by Crippen LogP contribution is -2.59. The van der Waals surface area contributed by atoms with Crippen molar-refractivity contribution in [3.8, 4) is 0 Å². The molecule has 0 unspecified atom stereocenters. The first kappa shape index (κ1) is 21.9. The summed E-state index contributed by atoms with van der Waals surface area (Å²) in [7, 11) is 0. The van der Waals surface area contributed by atoms with Crippen LogP contribution in [0, 0.1) is 23.7 Å². The maximum atomic E-state index is 12.2. The summed E-state index contributed by atoms with van der Waals surface area (Å²) in [5.41, 5.74) is 1.47. The second kappa shape index (κ2) is 7.98. The molecule has 2 aliphatic heterocycles. The largest absolute Gasteiger partial charge is 0.461 e. The van der Waals surface area contributed by atoms with Crippen molar-refractivity contribution < 1.29 is 44.5 Å². The number of hydrogen-bond donors (Lipinski definition) is 5. The summed E-state index contributed by atoms with van der Waals surface area (Å²) in [4.78, 5) is 12.2. The Kier molecular flexibility index (Phi) is 5.82. The second-order valence-corrected chi connectivity index (χ2v) is 8.96. The van der Waals surface area contributed by atoms with Crippen molar-refractivity contribution in [3.63, 3.8) is 0 Å². The van der Waals surface area contributed by atoms with Gasteiger partial charge in [-0.05, 0) is 24.3 Å². The predicted molar refractivity (Wildman–Crippen MR) is 102 cm³/mol. The molecule has 2 saturated heterocycles. The van der Waals surface area contributed by atoms with E-state index in [1.54, 1.807) is 6.92 Å². The molecule has 0 aromatic carbocycles. The van der Waals surface area contributed by atoms with E-state index in [2.05, 4.69) is 13.2 Å². The van der Waals surface area contributed by atoms with Crippen LogP contribution in [-0.2, 0) is 19.0 Å². The van der Waals surface area contributed by atoms with E-state index in [9.17, 15) is 30.3 Å². The van der Waals surface area contributed by atoms with Gasteiger partial charge in [-0.1, -0.05) is 25.7 Å². The highest BCUT2D eigenvalue weighted by Gasteiger charge is 2.57. The van der Waals surface area contributed by atoms with Crippen molar-refractivity contribution in [2.45, 2.75) is 68.8 Å². The maximum Gasteiger partial charge on any atom is 0.309 e. The molecule has 0 bridgehead atoms. The lowest BCUT2D eigenvalue weighted by atomic mass is 9.79. The monoisotopic (exact) mass is 426 g/mol. The molecule has 4 aliphatic rings. The first-order valence-electron chi connectivity index (χ1n) is 10.4. The van der Waals surface area contributed by atoms with Crippen LogP contribution in [-0.4, -0.2) is 87.1 Å². The minimum atomic E-state index is -1.54. The molecule has 30 heavy (non-hydrogen) atoms. The lowest BCUT2D eigenvalue weighted by molar-refractivity contribution is -0.308. The topological polar surface area (TPSA) is 146 Å². The third kappa shape index (κ3) is 3.33. The summed E-state index contributed by atoms with van der Waals surface area (Å²) in [6.07, 6.45) is -7.91. The fourth-order valence-electron chi connectivity index (χ4n) is 5.53. The quantitative estimate of drug-likeness (QED) is 0.279. The van der Waals surface area contributed by atoms with Gasteiger partial charge in [0.05, 0.1) is 24.7 Å². The van der Waals surface area contributed by atoms with E-state index >= 15 is 0 Å². The smallest absolute Gasteiger partial charge is 0.309 e. The molecule has 12 atom stereocenters. The molecule has 0 amide bonds. The Morgan fingerprint density at radius 2 is 1.83 bits per heavy atom. The molecule has 4 fully saturated rings. The molecule has 2 heterocycles. The number of carbonyl (C=O) groups is 1. The Hall–Kier alpha value is -1.33. The maximum absolute atomic E-state index is 12.2. The van der Waals surface area contributed by atoms with Gasteiger partial charge in [0, 0.05) is 11.8 Å². The van der Waals surface area contributed by atoms with Gasteiger partial charge < -0.3 is 39.7 Å². The molecule has 0 aromatic rings. The molecule has 168 valence electrons. The lowest BCUT2D eigenvalue weighted by Gasteiger charge is -2.40. The normalized spacial score (nSPS) is 51.3. The van der Waals surface area contributed by atoms with Crippen LogP contribution in [0.25, 0.3) is 0 Å². The summed E-state index contributed by atoms with van der Waals surface area (Å²) in [6.45, 7) is 9.49. The minimum absolute atomic E-state index is 0.130. The summed E-state index contributed by atoms with van der Waals surface area (Å²) in [5, 5.41) is 50.3. The van der Waals surface area contributed by atoms with Crippen LogP contribution in [0.4, 0.5) is 0 Å². The predicted octanol–water partition coefficient (Wildman–Crippen LogP) is -1.14. The van der Waals surface area contributed by atoms with E-state index in [0.29, 0.717) is 18.4 Å². The highest BCUT2D eigenvalue weighted by Crippen LogP contribution is 2.53. The third-order valence-corrected chi connectivity index (χ3v) is 7.26. The molecule has 0 spiro atoms. The molecule has 9 heteroatoms. The summed E-state index contributed by atoms with van der Waals surface area (Å²) in [5.74, 6) is -1.57. The number of carbonyl (C=O) groups excluding carboxylic acids is 1. The van der Waals surface area contributed by atoms with Crippen molar-refractivity contribution in [3.05, 3.63) is 24.3 Å². The van der Waals surface area contributed by atoms with Crippen molar-refractivity contribution >= 4 is 5.97 Å². The van der Waals surface area contributed by atoms with Gasteiger partial charge in [-0.15, -0.1) is 0 Å². The van der Waals surface area contributed by atoms with Crippen LogP contribution in [0.3, 0.4) is 0 Å². The number of rotatable bonds is 3. The number of fused-ring (bicyclic) bond motifs is 3. The minimum Gasteiger partial charge on any atom is -0.461 e. The van der Waals surface area contributed by atoms with Gasteiger partial charge in [-0.2, -0.15) is 0 Å². The van der Waals surface area contributed by atoms with Crippen LogP contribution in [0.1, 0.15) is 19.8 Å². The molecule has 0 radical (unpaired) electrons. The number of hydrogen-bond acceptors (Lipinski definition) is 9. The van der Waals surface area contributed by atoms with E-state index in [1.807, 2.05) is 0 Å². The standard InChI is InChI=1S/C21H30O9/c1-7-4-11(23)15-9(3)20(27)30-19(15)14-8(2)12(5-10(7)14)28-21-18(26)17(25)16(24)13(6-22)29-21/h9-19,21-26H,1-2,4-6H2,3H3/t9-,10-,11+,12-,13+,14-,15-,16+,17-,18+,19-,21+/m0/s1. The molecule has 0 aromatic heterocycles. The summed E-state index contributed by atoms with van der Waals surface area (Å²) >= 11 is 0. The molecule has 2 aliphatic carbocycles. The van der Waals surface area contributed by atoms with E-state index in [1.165, 1.54) is 0 Å². The Morgan fingerprint density at radius 1 is 1.13 bits per heavy atom. The summed E-state index contributed by atoms with van der Waals surface area (Å²) in [6, 6.07) is 0. The van der Waals surface area contributed by atoms with E-state index in [0.717, 1.165) is 5.57 Å². The summed E-state index contributed by atoms with van der Waals surface area (Å²) < 4.78 is 17.0. The van der Waals surface area contributed by atoms with Crippen LogP contribution in [0.2, 0.25) is 0 Å². The van der Waals surface area contributed by atoms with E-state index in [-0.39, 0.29) is 23.7 Å². The fraction of sp³-hybridized carbons (Fsp3) is 0.762. The highest BCUT2D eigenvalue weighted by molar-refractivity contribution is 5.75. The van der Waals surface area contributed by atoms with Gasteiger partial charge >= 0.3 is 5.97 Å². The molecule has 4 rings (SSSR count). The molecule has 5 N–H and O–H groups in total. The van der Waals surface area contributed by atoms with Gasteiger partial charge in [0.15, 0.2) is 6.29 Å². The van der Waals surface area contributed by atoms with Crippen molar-refractivity contribution in [2.24, 2.45) is 23.7 Å². The Morgan fingerprint density at radius 3 is 2.50 bits per heavy atom. The van der Waals surface area contributed by atoms with Gasteiger partial charge in [-0.3, -0.25) is 4.79 Å². The van der Waals surface area contributed by atoms with Crippen LogP contribution in [0.15, 0.2) is 24.3 Å². The van der Waals surface area contributed by atoms with E-state index in [4.69, 9.17) is 14.2 Å². The average Bonchev–Trinajstić information content (AvgIpc) is 3.15. The zero-order chi connectivity index (χ0) is 21.9. The van der Waals surface area contributed by atoms with Crippen LogP contribution in [0.5, 0.6) is 0 Å². The van der Waals surface area contributed by atoms with Gasteiger partial charge in [-0.25, -0.2) is 0 Å². The van der Waals surface area contributed by atoms with Crippen molar-refractivity contribution in [1.82, 2.24) is 0 Å². The van der Waals surface area contributed by atoms with Crippen molar-refractivity contribution in [2.75, 3.05) is 6.61 Å². The Labute approximate surface area is 174 Å². The van der Waals surface area contributed by atoms with Crippen LogP contribution >= 0.6 is 0 Å². The molecule has 9 nitrogen and oxygen atoms in total. The zero-order valence-electron chi connectivity index (χ0n) is 16.8. The Balaban J connectivity index is 1.55. The van der Waals surface area contributed by atoms with Crippen LogP contribution < -0.4 is 0 Å². The van der Waals surface area contributed by atoms with E-state index < -0.39 is 61.5 Å². The number of esters is 1. The second-order valence-electron chi connectivity index (χ2n) is 8.96. The highest BCUT2D eigenvalue weighted by atomic mass is 16.7. The third-order valence-electron chi connectivity index (χ3n) is 7.26. The first-order chi connectivity index (χ1) is 14.1. The first-order valence-corrected chi connectivity index (χ1v) is 10.4. The van der Waals surface area contributed by atoms with Gasteiger partial charge in [0.1, 0.15) is 30.5 Å². The Bertz CT molecular complexity index is 721.